The highest BCUT2D eigenvalue weighted by Crippen LogP contribution is 2.28. The Morgan fingerprint density at radius 1 is 1.32 bits per heavy atom. The molecule has 2 aromatic rings. The Morgan fingerprint density at radius 2 is 2.16 bits per heavy atom. The van der Waals surface area contributed by atoms with Crippen LogP contribution in [-0.4, -0.2) is 28.0 Å². The van der Waals surface area contributed by atoms with Gasteiger partial charge in [-0.3, -0.25) is 4.90 Å². The fourth-order valence-electron chi connectivity index (χ4n) is 2.82. The third kappa shape index (κ3) is 3.17. The van der Waals surface area contributed by atoms with Crippen LogP contribution in [0.4, 0.5) is 0 Å². The van der Waals surface area contributed by atoms with Gasteiger partial charge in [0.15, 0.2) is 0 Å². The van der Waals surface area contributed by atoms with E-state index in [1.807, 2.05) is 18.3 Å². The Bertz CT molecular complexity index is 507. The summed E-state index contributed by atoms with van der Waals surface area (Å²) in [5.41, 5.74) is 2.59. The molecule has 1 aliphatic heterocycles. The number of halogens is 1. The molecule has 1 atom stereocenters. The van der Waals surface area contributed by atoms with Crippen LogP contribution in [-0.2, 0) is 6.54 Å². The van der Waals surface area contributed by atoms with E-state index in [4.69, 9.17) is 11.6 Å². The molecule has 0 spiro atoms. The van der Waals surface area contributed by atoms with Crippen LogP contribution in [0.2, 0.25) is 5.02 Å². The number of nitrogens with one attached hydrogen (secondary N) is 1. The molecule has 0 bridgehead atoms. The predicted octanol–water partition coefficient (Wildman–Crippen LogP) is 3.44. The summed E-state index contributed by atoms with van der Waals surface area (Å²) in [6.07, 6.45) is 6.17. The van der Waals surface area contributed by atoms with Crippen LogP contribution in [0.15, 0.2) is 36.8 Å². The van der Waals surface area contributed by atoms with Crippen molar-refractivity contribution in [3.05, 3.63) is 53.1 Å². The molecule has 1 N–H and O–H groups in total. The lowest BCUT2D eigenvalue weighted by Crippen LogP contribution is -2.33. The van der Waals surface area contributed by atoms with E-state index >= 15 is 0 Å². The van der Waals surface area contributed by atoms with Gasteiger partial charge in [0.2, 0.25) is 0 Å². The van der Waals surface area contributed by atoms with E-state index in [2.05, 4.69) is 27.0 Å². The quantitative estimate of drug-likeness (QED) is 0.930. The lowest BCUT2D eigenvalue weighted by Gasteiger charge is -2.32. The van der Waals surface area contributed by atoms with Gasteiger partial charge in [-0.15, -0.1) is 0 Å². The smallest absolute Gasteiger partial charge is 0.0922 e. The molecule has 4 heteroatoms. The minimum atomic E-state index is 0.619. The third-order valence-electron chi connectivity index (χ3n) is 3.80. The summed E-state index contributed by atoms with van der Waals surface area (Å²) < 4.78 is 0. The van der Waals surface area contributed by atoms with Crippen LogP contribution < -0.4 is 0 Å². The Hall–Kier alpha value is -1.32. The SMILES string of the molecule is Clc1ccc(C2CCCN(Cc3cnc[nH]3)C2)cc1. The van der Waals surface area contributed by atoms with E-state index in [0.29, 0.717) is 5.92 Å². The van der Waals surface area contributed by atoms with Crippen molar-refractivity contribution in [2.24, 2.45) is 0 Å². The van der Waals surface area contributed by atoms with Gasteiger partial charge < -0.3 is 4.98 Å². The number of aromatic nitrogens is 2. The molecule has 1 aromatic heterocycles. The normalized spacial score (nSPS) is 20.6. The number of nitrogens with zero attached hydrogens (tertiary/aromatic N) is 2. The summed E-state index contributed by atoms with van der Waals surface area (Å²) in [6.45, 7) is 3.24. The van der Waals surface area contributed by atoms with E-state index < -0.39 is 0 Å². The molecule has 3 rings (SSSR count). The summed E-state index contributed by atoms with van der Waals surface area (Å²) in [7, 11) is 0. The van der Waals surface area contributed by atoms with Crippen LogP contribution in [0.3, 0.4) is 0 Å². The molecule has 100 valence electrons. The number of aromatic amines is 1. The van der Waals surface area contributed by atoms with E-state index in [9.17, 15) is 0 Å². The van der Waals surface area contributed by atoms with Crippen LogP contribution in [0.25, 0.3) is 0 Å². The molecule has 0 aliphatic carbocycles. The molecule has 1 aromatic carbocycles. The zero-order valence-corrected chi connectivity index (χ0v) is 11.6. The van der Waals surface area contributed by atoms with Gasteiger partial charge in [-0.25, -0.2) is 4.98 Å². The second kappa shape index (κ2) is 5.76. The molecule has 1 aliphatic rings. The summed E-state index contributed by atoms with van der Waals surface area (Å²) in [6, 6.07) is 8.30. The van der Waals surface area contributed by atoms with Gasteiger partial charge >= 0.3 is 0 Å². The van der Waals surface area contributed by atoms with E-state index in [1.165, 1.54) is 30.6 Å². The Morgan fingerprint density at radius 3 is 2.89 bits per heavy atom. The van der Waals surface area contributed by atoms with Gasteiger partial charge in [0, 0.05) is 30.0 Å². The van der Waals surface area contributed by atoms with E-state index in [0.717, 1.165) is 18.1 Å². The second-order valence-corrected chi connectivity index (χ2v) is 5.64. The van der Waals surface area contributed by atoms with Gasteiger partial charge in [-0.2, -0.15) is 0 Å². The highest BCUT2D eigenvalue weighted by molar-refractivity contribution is 6.30. The number of likely N-dealkylation sites (tertiary alicyclic amines) is 1. The first kappa shape index (κ1) is 12.7. The Balaban J connectivity index is 1.66. The Kier molecular flexibility index (Phi) is 3.85. The average Bonchev–Trinajstić information content (AvgIpc) is 2.93. The highest BCUT2D eigenvalue weighted by Gasteiger charge is 2.21. The molecule has 2 heterocycles. The fourth-order valence-corrected chi connectivity index (χ4v) is 2.94. The molecular weight excluding hydrogens is 258 g/mol. The van der Waals surface area contributed by atoms with Gasteiger partial charge in [0.25, 0.3) is 0 Å². The Labute approximate surface area is 118 Å². The van der Waals surface area contributed by atoms with E-state index in [-0.39, 0.29) is 0 Å². The summed E-state index contributed by atoms with van der Waals surface area (Å²) in [5.74, 6) is 0.619. The van der Waals surface area contributed by atoms with Crippen molar-refractivity contribution < 1.29 is 0 Å². The number of hydrogen-bond donors (Lipinski definition) is 1. The van der Waals surface area contributed by atoms with Crippen LogP contribution in [0.5, 0.6) is 0 Å². The summed E-state index contributed by atoms with van der Waals surface area (Å²) >= 11 is 5.95. The molecular formula is C15H18ClN3. The predicted molar refractivity (Wildman–Crippen MR) is 77.3 cm³/mol. The zero-order chi connectivity index (χ0) is 13.1. The average molecular weight is 276 g/mol. The second-order valence-electron chi connectivity index (χ2n) is 5.20. The van der Waals surface area contributed by atoms with Crippen LogP contribution >= 0.6 is 11.6 Å². The van der Waals surface area contributed by atoms with E-state index in [1.54, 1.807) is 6.33 Å². The van der Waals surface area contributed by atoms with Crippen LogP contribution in [0.1, 0.15) is 30.0 Å². The first-order valence-electron chi connectivity index (χ1n) is 6.76. The summed E-state index contributed by atoms with van der Waals surface area (Å²) in [5, 5.41) is 0.814. The molecule has 3 nitrogen and oxygen atoms in total. The number of imidazole rings is 1. The topological polar surface area (TPSA) is 31.9 Å². The van der Waals surface area contributed by atoms with Crippen molar-refractivity contribution in [2.45, 2.75) is 25.3 Å². The van der Waals surface area contributed by atoms with Gasteiger partial charge in [0.1, 0.15) is 0 Å². The molecule has 0 amide bonds. The van der Waals surface area contributed by atoms with Gasteiger partial charge in [-0.1, -0.05) is 23.7 Å². The first-order chi connectivity index (χ1) is 9.31. The highest BCUT2D eigenvalue weighted by atomic mass is 35.5. The minimum absolute atomic E-state index is 0.619. The van der Waals surface area contributed by atoms with Crippen molar-refractivity contribution in [3.63, 3.8) is 0 Å². The molecule has 0 saturated carbocycles. The van der Waals surface area contributed by atoms with Crippen molar-refractivity contribution in [3.8, 4) is 0 Å². The third-order valence-corrected chi connectivity index (χ3v) is 4.05. The molecule has 1 saturated heterocycles. The first-order valence-corrected chi connectivity index (χ1v) is 7.14. The molecule has 0 radical (unpaired) electrons. The molecule has 1 unspecified atom stereocenters. The zero-order valence-electron chi connectivity index (χ0n) is 10.8. The number of piperidine rings is 1. The summed E-state index contributed by atoms with van der Waals surface area (Å²) in [4.78, 5) is 9.75. The van der Waals surface area contributed by atoms with Crippen molar-refractivity contribution >= 4 is 11.6 Å². The largest absolute Gasteiger partial charge is 0.347 e. The van der Waals surface area contributed by atoms with Crippen molar-refractivity contribution in [1.29, 1.82) is 0 Å². The monoisotopic (exact) mass is 275 g/mol. The number of H-pyrrole nitrogens is 1. The van der Waals surface area contributed by atoms with Crippen LogP contribution in [0, 0.1) is 0 Å². The number of benzene rings is 1. The van der Waals surface area contributed by atoms with Crippen molar-refractivity contribution in [1.82, 2.24) is 14.9 Å². The lowest BCUT2D eigenvalue weighted by atomic mass is 9.90. The number of hydrogen-bond acceptors (Lipinski definition) is 2. The lowest BCUT2D eigenvalue weighted by molar-refractivity contribution is 0.198. The molecule has 1 fully saturated rings. The standard InChI is InChI=1S/C15H18ClN3/c16-14-5-3-12(4-6-14)13-2-1-7-19(9-13)10-15-8-17-11-18-15/h3-6,8,11,13H,1-2,7,9-10H2,(H,17,18). The molecule has 19 heavy (non-hydrogen) atoms. The van der Waals surface area contributed by atoms with Crippen molar-refractivity contribution in [2.75, 3.05) is 13.1 Å². The minimum Gasteiger partial charge on any atom is -0.347 e. The maximum absolute atomic E-state index is 5.95. The maximum atomic E-state index is 5.95. The van der Waals surface area contributed by atoms with Gasteiger partial charge in [0.05, 0.1) is 6.33 Å². The maximum Gasteiger partial charge on any atom is 0.0922 e. The number of rotatable bonds is 3. The van der Waals surface area contributed by atoms with Gasteiger partial charge in [-0.05, 0) is 43.0 Å². The fraction of sp³-hybridized carbons (Fsp3) is 0.400.